The van der Waals surface area contributed by atoms with E-state index in [2.05, 4.69) is 10.6 Å². The fraction of sp³-hybridized carbons (Fsp3) is 0.375. The molecule has 6 nitrogen and oxygen atoms in total. The van der Waals surface area contributed by atoms with Gasteiger partial charge in [0.2, 0.25) is 17.7 Å². The highest BCUT2D eigenvalue weighted by Gasteiger charge is 2.33. The van der Waals surface area contributed by atoms with Crippen LogP contribution in [0.3, 0.4) is 0 Å². The zero-order chi connectivity index (χ0) is 23.3. The van der Waals surface area contributed by atoms with E-state index in [9.17, 15) is 23.2 Å². The second kappa shape index (κ2) is 10.3. The summed E-state index contributed by atoms with van der Waals surface area (Å²) in [6.07, 6.45) is 1.78. The third kappa shape index (κ3) is 5.90. The van der Waals surface area contributed by atoms with Crippen molar-refractivity contribution in [3.05, 3.63) is 71.3 Å². The molecule has 8 heteroatoms. The average Bonchev–Trinajstić information content (AvgIpc) is 2.87. The largest absolute Gasteiger partial charge is 0.344 e. The molecule has 3 atom stereocenters. The lowest BCUT2D eigenvalue weighted by Crippen LogP contribution is -2.52. The van der Waals surface area contributed by atoms with Gasteiger partial charge in [-0.15, -0.1) is 0 Å². The molecule has 1 heterocycles. The Kier molecular flexibility index (Phi) is 7.56. The van der Waals surface area contributed by atoms with E-state index in [1.165, 1.54) is 6.92 Å². The van der Waals surface area contributed by atoms with Gasteiger partial charge in [0.1, 0.15) is 23.7 Å². The second-order valence-electron chi connectivity index (χ2n) is 8.11. The standard InChI is InChI=1S/C24H27F2N3O3/c1-15(27-22(30)13-16-11-18(25)14-19(26)12-16)23(31)28-20-9-6-10-21(29(2)24(20)32)17-7-4-3-5-8-17/h3-5,7-8,11-12,14-15,20-21H,6,9-10,13H2,1-2H3,(H,27,30)(H,28,31)/t15?,20-,21-/m0/s1. The molecule has 2 N–H and O–H groups in total. The van der Waals surface area contributed by atoms with Gasteiger partial charge in [-0.05, 0) is 49.4 Å². The normalized spacial score (nSPS) is 19.8. The lowest BCUT2D eigenvalue weighted by Gasteiger charge is -2.29. The van der Waals surface area contributed by atoms with E-state index in [4.69, 9.17) is 0 Å². The Morgan fingerprint density at radius 3 is 2.41 bits per heavy atom. The SMILES string of the molecule is CC(NC(=O)Cc1cc(F)cc(F)c1)C(=O)N[C@H]1CCC[C@@H](c2ccccc2)N(C)C1=O. The van der Waals surface area contributed by atoms with Crippen molar-refractivity contribution in [3.63, 3.8) is 0 Å². The number of rotatable bonds is 6. The van der Waals surface area contributed by atoms with Gasteiger partial charge in [-0.25, -0.2) is 8.78 Å². The van der Waals surface area contributed by atoms with Crippen LogP contribution in [0.5, 0.6) is 0 Å². The van der Waals surface area contributed by atoms with Crippen LogP contribution in [0.2, 0.25) is 0 Å². The minimum Gasteiger partial charge on any atom is -0.344 e. The zero-order valence-corrected chi connectivity index (χ0v) is 18.1. The first-order chi connectivity index (χ1) is 15.2. The van der Waals surface area contributed by atoms with Gasteiger partial charge in [-0.3, -0.25) is 14.4 Å². The van der Waals surface area contributed by atoms with Gasteiger partial charge in [-0.1, -0.05) is 30.3 Å². The van der Waals surface area contributed by atoms with Crippen LogP contribution in [-0.4, -0.2) is 41.8 Å². The van der Waals surface area contributed by atoms with Gasteiger partial charge >= 0.3 is 0 Å². The minimum absolute atomic E-state index is 0.0607. The van der Waals surface area contributed by atoms with E-state index in [-0.39, 0.29) is 23.9 Å². The molecule has 0 spiro atoms. The lowest BCUT2D eigenvalue weighted by atomic mass is 10.0. The van der Waals surface area contributed by atoms with Crippen LogP contribution in [-0.2, 0) is 20.8 Å². The van der Waals surface area contributed by atoms with Gasteiger partial charge in [0.15, 0.2) is 0 Å². The molecule has 0 saturated carbocycles. The first-order valence-corrected chi connectivity index (χ1v) is 10.6. The maximum absolute atomic E-state index is 13.3. The van der Waals surface area contributed by atoms with E-state index in [1.807, 2.05) is 30.3 Å². The quantitative estimate of drug-likeness (QED) is 0.721. The number of benzene rings is 2. The zero-order valence-electron chi connectivity index (χ0n) is 18.1. The van der Waals surface area contributed by atoms with Crippen molar-refractivity contribution in [1.29, 1.82) is 0 Å². The molecule has 1 aliphatic heterocycles. The summed E-state index contributed by atoms with van der Waals surface area (Å²) >= 11 is 0. The highest BCUT2D eigenvalue weighted by molar-refractivity contribution is 5.92. The smallest absolute Gasteiger partial charge is 0.245 e. The summed E-state index contributed by atoms with van der Waals surface area (Å²) in [5.74, 6) is -2.77. The van der Waals surface area contributed by atoms with Crippen LogP contribution >= 0.6 is 0 Å². The minimum atomic E-state index is -0.910. The van der Waals surface area contributed by atoms with Gasteiger partial charge in [0.25, 0.3) is 0 Å². The fourth-order valence-electron chi connectivity index (χ4n) is 3.98. The molecule has 3 amide bonds. The third-order valence-corrected chi connectivity index (χ3v) is 5.64. The number of hydrogen-bond donors (Lipinski definition) is 2. The van der Waals surface area contributed by atoms with Crippen LogP contribution in [0.4, 0.5) is 8.78 Å². The van der Waals surface area contributed by atoms with Crippen LogP contribution in [0.25, 0.3) is 0 Å². The Hall–Kier alpha value is -3.29. The van der Waals surface area contributed by atoms with Crippen LogP contribution in [0.15, 0.2) is 48.5 Å². The topological polar surface area (TPSA) is 78.5 Å². The van der Waals surface area contributed by atoms with E-state index in [1.54, 1.807) is 11.9 Å². The Labute approximate surface area is 186 Å². The summed E-state index contributed by atoms with van der Waals surface area (Å²) in [6.45, 7) is 1.50. The highest BCUT2D eigenvalue weighted by Crippen LogP contribution is 2.29. The molecule has 170 valence electrons. The molecule has 0 bridgehead atoms. The van der Waals surface area contributed by atoms with Crippen molar-refractivity contribution in [1.82, 2.24) is 15.5 Å². The monoisotopic (exact) mass is 443 g/mol. The maximum Gasteiger partial charge on any atom is 0.245 e. The Morgan fingerprint density at radius 2 is 1.75 bits per heavy atom. The number of likely N-dealkylation sites (N-methyl/N-ethyl adjacent to an activating group) is 1. The summed E-state index contributed by atoms with van der Waals surface area (Å²) < 4.78 is 26.6. The predicted octanol–water partition coefficient (Wildman–Crippen LogP) is 2.88. The number of carbonyl (C=O) groups excluding carboxylic acids is 3. The Balaban J connectivity index is 1.57. The average molecular weight is 443 g/mol. The molecule has 0 aliphatic carbocycles. The molecule has 32 heavy (non-hydrogen) atoms. The number of carbonyl (C=O) groups is 3. The van der Waals surface area contributed by atoms with Crippen LogP contribution in [0.1, 0.15) is 43.4 Å². The molecular weight excluding hydrogens is 416 g/mol. The maximum atomic E-state index is 13.3. The second-order valence-corrected chi connectivity index (χ2v) is 8.11. The van der Waals surface area contributed by atoms with Crippen molar-refractivity contribution in [3.8, 4) is 0 Å². The molecule has 1 fully saturated rings. The van der Waals surface area contributed by atoms with E-state index < -0.39 is 35.5 Å². The fourth-order valence-corrected chi connectivity index (χ4v) is 3.98. The number of likely N-dealkylation sites (tertiary alicyclic amines) is 1. The lowest BCUT2D eigenvalue weighted by molar-refractivity contribution is -0.137. The van der Waals surface area contributed by atoms with Crippen molar-refractivity contribution < 1.29 is 23.2 Å². The van der Waals surface area contributed by atoms with E-state index in [0.29, 0.717) is 6.42 Å². The summed E-state index contributed by atoms with van der Waals surface area (Å²) in [7, 11) is 1.73. The van der Waals surface area contributed by atoms with Crippen molar-refractivity contribution >= 4 is 17.7 Å². The molecular formula is C24H27F2N3O3. The molecule has 0 radical (unpaired) electrons. The predicted molar refractivity (Wildman–Crippen MR) is 115 cm³/mol. The van der Waals surface area contributed by atoms with Crippen LogP contribution in [0, 0.1) is 11.6 Å². The van der Waals surface area contributed by atoms with Crippen molar-refractivity contribution in [2.24, 2.45) is 0 Å². The highest BCUT2D eigenvalue weighted by atomic mass is 19.1. The summed E-state index contributed by atoms with van der Waals surface area (Å²) in [5.41, 5.74) is 1.21. The number of hydrogen-bond acceptors (Lipinski definition) is 3. The van der Waals surface area contributed by atoms with Gasteiger partial charge in [0, 0.05) is 13.1 Å². The number of halogens is 2. The number of nitrogens with one attached hydrogen (secondary N) is 2. The first kappa shape index (κ1) is 23.4. The molecule has 2 aromatic carbocycles. The Bertz CT molecular complexity index is 963. The van der Waals surface area contributed by atoms with Gasteiger partial charge in [0.05, 0.1) is 12.5 Å². The third-order valence-electron chi connectivity index (χ3n) is 5.64. The summed E-state index contributed by atoms with van der Waals surface area (Å²) in [6, 6.07) is 10.9. The van der Waals surface area contributed by atoms with Crippen molar-refractivity contribution in [2.75, 3.05) is 7.05 Å². The Morgan fingerprint density at radius 1 is 1.09 bits per heavy atom. The summed E-state index contributed by atoms with van der Waals surface area (Å²) in [5, 5.41) is 5.25. The molecule has 2 aromatic rings. The van der Waals surface area contributed by atoms with Gasteiger partial charge < -0.3 is 15.5 Å². The van der Waals surface area contributed by atoms with Crippen molar-refractivity contribution in [2.45, 2.75) is 50.7 Å². The summed E-state index contributed by atoms with van der Waals surface area (Å²) in [4.78, 5) is 39.4. The molecule has 1 aliphatic rings. The molecule has 0 aromatic heterocycles. The molecule has 3 rings (SSSR count). The van der Waals surface area contributed by atoms with Gasteiger partial charge in [-0.2, -0.15) is 0 Å². The first-order valence-electron chi connectivity index (χ1n) is 10.6. The van der Waals surface area contributed by atoms with E-state index in [0.717, 1.165) is 36.6 Å². The molecule has 1 unspecified atom stereocenters. The number of amides is 3. The van der Waals surface area contributed by atoms with E-state index >= 15 is 0 Å². The molecule has 1 saturated heterocycles. The number of nitrogens with zero attached hydrogens (tertiary/aromatic N) is 1. The van der Waals surface area contributed by atoms with Crippen LogP contribution < -0.4 is 10.6 Å².